The van der Waals surface area contributed by atoms with Crippen LogP contribution in [-0.4, -0.2) is 41.8 Å². The molecule has 0 saturated heterocycles. The molecule has 0 bridgehead atoms. The maximum absolute atomic E-state index is 12.6. The molecule has 0 unspecified atom stereocenters. The fraction of sp³-hybridized carbons (Fsp3) is 0.273. The number of rotatable bonds is 10. The second kappa shape index (κ2) is 13.9. The molecule has 1 heterocycles. The summed E-state index contributed by atoms with van der Waals surface area (Å²) in [5, 5.41) is 18.9. The molecule has 5 N–H and O–H groups in total. The Kier molecular flexibility index (Phi) is 12.0. The molecule has 0 aliphatic rings. The molecule has 10 heteroatoms. The molecular weight excluding hydrogens is 471 g/mol. The fourth-order valence-electron chi connectivity index (χ4n) is 3.07. The van der Waals surface area contributed by atoms with E-state index in [4.69, 9.17) is 10.5 Å². The number of ether oxygens (including phenoxy) is 1. The SMILES string of the molecule is COc1cccc(CNC[C@H](O)[C@H](Cc2ccccc2)NC(=O)c2csc(N)n2)c1.Cl.Cl. The van der Waals surface area contributed by atoms with Crippen molar-refractivity contribution in [1.29, 1.82) is 0 Å². The van der Waals surface area contributed by atoms with Crippen molar-refractivity contribution in [2.45, 2.75) is 25.1 Å². The topological polar surface area (TPSA) is 110 Å². The Hall–Kier alpha value is -2.36. The second-order valence-electron chi connectivity index (χ2n) is 6.89. The summed E-state index contributed by atoms with van der Waals surface area (Å²) < 4.78 is 5.24. The number of hydrogen-bond donors (Lipinski definition) is 4. The number of aliphatic hydroxyl groups is 1. The predicted molar refractivity (Wildman–Crippen MR) is 133 cm³/mol. The van der Waals surface area contributed by atoms with E-state index in [9.17, 15) is 9.90 Å². The molecular formula is C22H28Cl2N4O3S. The highest BCUT2D eigenvalue weighted by molar-refractivity contribution is 7.13. The van der Waals surface area contributed by atoms with Crippen molar-refractivity contribution >= 4 is 47.2 Å². The Balaban J connectivity index is 0.00000256. The normalized spacial score (nSPS) is 12.1. The quantitative estimate of drug-likeness (QED) is 0.342. The van der Waals surface area contributed by atoms with Crippen LogP contribution in [-0.2, 0) is 13.0 Å². The first-order valence-electron chi connectivity index (χ1n) is 9.62. The maximum Gasteiger partial charge on any atom is 0.271 e. The van der Waals surface area contributed by atoms with Crippen molar-refractivity contribution in [1.82, 2.24) is 15.6 Å². The number of carbonyl (C=O) groups excluding carboxylic acids is 1. The molecule has 2 atom stereocenters. The van der Waals surface area contributed by atoms with Gasteiger partial charge in [-0.15, -0.1) is 36.2 Å². The number of nitrogens with zero attached hydrogens (tertiary/aromatic N) is 1. The van der Waals surface area contributed by atoms with Crippen molar-refractivity contribution in [3.05, 3.63) is 76.8 Å². The molecule has 0 aliphatic heterocycles. The highest BCUT2D eigenvalue weighted by atomic mass is 35.5. The third kappa shape index (κ3) is 8.29. The number of anilines is 1. The molecule has 0 radical (unpaired) electrons. The molecule has 174 valence electrons. The maximum atomic E-state index is 12.6. The molecule has 2 aromatic carbocycles. The van der Waals surface area contributed by atoms with Gasteiger partial charge in [0, 0.05) is 18.5 Å². The van der Waals surface area contributed by atoms with Gasteiger partial charge in [0.05, 0.1) is 19.3 Å². The van der Waals surface area contributed by atoms with Crippen molar-refractivity contribution in [2.75, 3.05) is 19.4 Å². The fourth-order valence-corrected chi connectivity index (χ4v) is 3.62. The summed E-state index contributed by atoms with van der Waals surface area (Å²) in [6.45, 7) is 0.886. The summed E-state index contributed by atoms with van der Waals surface area (Å²) in [6, 6.07) is 17.0. The lowest BCUT2D eigenvalue weighted by molar-refractivity contribution is 0.0826. The Labute approximate surface area is 204 Å². The van der Waals surface area contributed by atoms with Crippen LogP contribution in [0.25, 0.3) is 0 Å². The molecule has 1 aromatic heterocycles. The smallest absolute Gasteiger partial charge is 0.271 e. The van der Waals surface area contributed by atoms with E-state index in [1.54, 1.807) is 12.5 Å². The number of nitrogens with one attached hydrogen (secondary N) is 2. The van der Waals surface area contributed by atoms with E-state index in [2.05, 4.69) is 15.6 Å². The number of benzene rings is 2. The highest BCUT2D eigenvalue weighted by Crippen LogP contribution is 2.14. The van der Waals surface area contributed by atoms with E-state index in [1.165, 1.54) is 11.3 Å². The van der Waals surface area contributed by atoms with Crippen molar-refractivity contribution in [2.24, 2.45) is 0 Å². The highest BCUT2D eigenvalue weighted by Gasteiger charge is 2.23. The molecule has 3 aromatic rings. The van der Waals surface area contributed by atoms with Crippen molar-refractivity contribution < 1.29 is 14.6 Å². The summed E-state index contributed by atoms with van der Waals surface area (Å²) in [6.07, 6.45) is -0.301. The molecule has 0 saturated carbocycles. The number of nitrogen functional groups attached to an aromatic ring is 1. The zero-order chi connectivity index (χ0) is 21.3. The molecule has 32 heavy (non-hydrogen) atoms. The molecule has 0 aliphatic carbocycles. The van der Waals surface area contributed by atoms with Gasteiger partial charge in [-0.2, -0.15) is 0 Å². The summed E-state index contributed by atoms with van der Waals surface area (Å²) >= 11 is 1.21. The van der Waals surface area contributed by atoms with Crippen molar-refractivity contribution in [3.8, 4) is 5.75 Å². The van der Waals surface area contributed by atoms with Crippen molar-refractivity contribution in [3.63, 3.8) is 0 Å². The number of thiazole rings is 1. The predicted octanol–water partition coefficient (Wildman–Crippen LogP) is 3.07. The molecule has 3 rings (SSSR count). The minimum absolute atomic E-state index is 0. The lowest BCUT2D eigenvalue weighted by Gasteiger charge is -2.24. The van der Waals surface area contributed by atoms with Gasteiger partial charge in [-0.1, -0.05) is 42.5 Å². The third-order valence-corrected chi connectivity index (χ3v) is 5.32. The number of methoxy groups -OCH3 is 1. The van der Waals surface area contributed by atoms with Gasteiger partial charge in [-0.3, -0.25) is 4.79 Å². The van der Waals surface area contributed by atoms with E-state index in [1.807, 2.05) is 54.6 Å². The van der Waals surface area contributed by atoms with Gasteiger partial charge in [-0.05, 0) is 29.7 Å². The average Bonchev–Trinajstić information content (AvgIpc) is 3.20. The largest absolute Gasteiger partial charge is 0.497 e. The van der Waals surface area contributed by atoms with Gasteiger partial charge in [0.2, 0.25) is 0 Å². The van der Waals surface area contributed by atoms with Gasteiger partial charge in [0.15, 0.2) is 5.13 Å². The zero-order valence-electron chi connectivity index (χ0n) is 17.6. The summed E-state index contributed by atoms with van der Waals surface area (Å²) in [5.41, 5.74) is 7.95. The number of aliphatic hydroxyl groups excluding tert-OH is 1. The number of hydrogen-bond acceptors (Lipinski definition) is 7. The number of carbonyl (C=O) groups is 1. The Morgan fingerprint density at radius 3 is 2.53 bits per heavy atom. The van der Waals surface area contributed by atoms with Crippen LogP contribution in [0.15, 0.2) is 60.0 Å². The number of nitrogens with two attached hydrogens (primary N) is 1. The zero-order valence-corrected chi connectivity index (χ0v) is 20.0. The molecule has 1 amide bonds. The van der Waals surface area contributed by atoms with Crippen LogP contribution in [0.5, 0.6) is 5.75 Å². The first-order valence-corrected chi connectivity index (χ1v) is 10.5. The Morgan fingerprint density at radius 2 is 1.88 bits per heavy atom. The van der Waals surface area contributed by atoms with Crippen LogP contribution in [0, 0.1) is 0 Å². The minimum atomic E-state index is -0.796. The van der Waals surface area contributed by atoms with Gasteiger partial charge >= 0.3 is 0 Å². The Bertz CT molecular complexity index is 959. The van der Waals surface area contributed by atoms with Crippen LogP contribution in [0.3, 0.4) is 0 Å². The number of amides is 1. The Morgan fingerprint density at radius 1 is 1.16 bits per heavy atom. The van der Waals surface area contributed by atoms with Crippen LogP contribution in [0.1, 0.15) is 21.6 Å². The van der Waals surface area contributed by atoms with Gasteiger partial charge in [-0.25, -0.2) is 4.98 Å². The van der Waals surface area contributed by atoms with E-state index in [0.717, 1.165) is 16.9 Å². The molecule has 0 spiro atoms. The average molecular weight is 499 g/mol. The lowest BCUT2D eigenvalue weighted by atomic mass is 10.0. The monoisotopic (exact) mass is 498 g/mol. The van der Waals surface area contributed by atoms with Crippen LogP contribution < -0.4 is 21.1 Å². The molecule has 7 nitrogen and oxygen atoms in total. The van der Waals surface area contributed by atoms with Crippen LogP contribution >= 0.6 is 36.2 Å². The molecule has 0 fully saturated rings. The lowest BCUT2D eigenvalue weighted by Crippen LogP contribution is -2.48. The van der Waals surface area contributed by atoms with Gasteiger partial charge in [0.1, 0.15) is 11.4 Å². The second-order valence-corrected chi connectivity index (χ2v) is 7.78. The van der Waals surface area contributed by atoms with E-state index in [-0.39, 0.29) is 36.4 Å². The minimum Gasteiger partial charge on any atom is -0.497 e. The van der Waals surface area contributed by atoms with E-state index in [0.29, 0.717) is 24.6 Å². The number of halogens is 2. The van der Waals surface area contributed by atoms with Gasteiger partial charge in [0.25, 0.3) is 5.91 Å². The first-order chi connectivity index (χ1) is 14.5. The van der Waals surface area contributed by atoms with Crippen LogP contribution in [0.4, 0.5) is 5.13 Å². The summed E-state index contributed by atoms with van der Waals surface area (Å²) in [5.74, 6) is 0.433. The van der Waals surface area contributed by atoms with Crippen LogP contribution in [0.2, 0.25) is 0 Å². The van der Waals surface area contributed by atoms with E-state index >= 15 is 0 Å². The van der Waals surface area contributed by atoms with E-state index < -0.39 is 12.1 Å². The third-order valence-electron chi connectivity index (χ3n) is 4.65. The standard InChI is InChI=1S/C22H26N4O3S.2ClH/c1-29-17-9-5-8-16(10-17)12-24-13-20(27)18(11-15-6-3-2-4-7-15)25-21(28)19-14-30-22(23)26-19;;/h2-10,14,18,20,24,27H,11-13H2,1H3,(H2,23,26)(H,25,28);2*1H/t18-,20-;;/m0../s1. The van der Waals surface area contributed by atoms with Gasteiger partial charge < -0.3 is 26.2 Å². The summed E-state index contributed by atoms with van der Waals surface area (Å²) in [7, 11) is 1.63. The first kappa shape index (κ1) is 27.7. The number of aromatic nitrogens is 1. The summed E-state index contributed by atoms with van der Waals surface area (Å²) in [4.78, 5) is 16.6.